The summed E-state index contributed by atoms with van der Waals surface area (Å²) in [5.74, 6) is -4.05. The van der Waals surface area contributed by atoms with Crippen LogP contribution >= 0.6 is 0 Å². The van der Waals surface area contributed by atoms with Crippen LogP contribution in [0.2, 0.25) is 0 Å². The summed E-state index contributed by atoms with van der Waals surface area (Å²) in [4.78, 5) is 22.3. The highest BCUT2D eigenvalue weighted by Crippen LogP contribution is 2.34. The van der Waals surface area contributed by atoms with Crippen LogP contribution in [0.4, 0.5) is 0 Å². The molecule has 0 bridgehead atoms. The monoisotopic (exact) mass is 228 g/mol. The lowest BCUT2D eigenvalue weighted by atomic mass is 9.82. The average molecular weight is 228 g/mol. The molecule has 1 rings (SSSR count). The Kier molecular flexibility index (Phi) is 3.34. The topological polar surface area (TPSA) is 93.1 Å². The van der Waals surface area contributed by atoms with Gasteiger partial charge in [-0.25, -0.2) is 4.79 Å². The molecule has 1 aliphatic carbocycles. The maximum absolute atomic E-state index is 11.2. The van der Waals surface area contributed by atoms with Crippen LogP contribution < -0.4 is 0 Å². The van der Waals surface area contributed by atoms with Crippen molar-refractivity contribution >= 4 is 11.9 Å². The number of methoxy groups -OCH3 is 2. The van der Waals surface area contributed by atoms with Gasteiger partial charge in [-0.15, -0.1) is 0 Å². The van der Waals surface area contributed by atoms with Crippen molar-refractivity contribution in [3.63, 3.8) is 0 Å². The Morgan fingerprint density at radius 2 is 2.00 bits per heavy atom. The zero-order chi connectivity index (χ0) is 12.3. The molecule has 6 heteroatoms. The number of aliphatic carboxylic acids is 2. The Hall–Kier alpha value is -1.82. The predicted octanol–water partition coefficient (Wildman–Crippen LogP) is 0.257. The Morgan fingerprint density at radius 1 is 1.38 bits per heavy atom. The maximum atomic E-state index is 11.2. The van der Waals surface area contributed by atoms with E-state index in [2.05, 4.69) is 0 Å². The molecule has 0 amide bonds. The van der Waals surface area contributed by atoms with Gasteiger partial charge in [0.05, 0.1) is 7.11 Å². The van der Waals surface area contributed by atoms with E-state index in [0.29, 0.717) is 0 Å². The van der Waals surface area contributed by atoms with Gasteiger partial charge in [0, 0.05) is 7.11 Å². The van der Waals surface area contributed by atoms with Gasteiger partial charge in [0.2, 0.25) is 5.60 Å². The molecule has 2 atom stereocenters. The first-order valence-electron chi connectivity index (χ1n) is 4.44. The van der Waals surface area contributed by atoms with Crippen LogP contribution in [-0.4, -0.2) is 42.0 Å². The van der Waals surface area contributed by atoms with Gasteiger partial charge in [0.25, 0.3) is 0 Å². The second-order valence-electron chi connectivity index (χ2n) is 3.21. The van der Waals surface area contributed by atoms with Crippen molar-refractivity contribution in [3.05, 3.63) is 24.0 Å². The Balaban J connectivity index is 3.29. The van der Waals surface area contributed by atoms with Crippen molar-refractivity contribution in [3.8, 4) is 0 Å². The molecular weight excluding hydrogens is 216 g/mol. The first kappa shape index (κ1) is 12.3. The minimum atomic E-state index is -1.92. The second kappa shape index (κ2) is 4.36. The van der Waals surface area contributed by atoms with Crippen LogP contribution in [0, 0.1) is 5.92 Å². The molecule has 0 saturated heterocycles. The lowest BCUT2D eigenvalue weighted by Gasteiger charge is -2.33. The second-order valence-corrected chi connectivity index (χ2v) is 3.21. The van der Waals surface area contributed by atoms with Crippen LogP contribution in [0.3, 0.4) is 0 Å². The van der Waals surface area contributed by atoms with E-state index in [9.17, 15) is 9.59 Å². The molecular formula is C10H12O6. The summed E-state index contributed by atoms with van der Waals surface area (Å²) >= 11 is 0. The number of rotatable bonds is 4. The third kappa shape index (κ3) is 1.67. The summed E-state index contributed by atoms with van der Waals surface area (Å²) in [7, 11) is 2.43. The van der Waals surface area contributed by atoms with E-state index in [1.54, 1.807) is 0 Å². The van der Waals surface area contributed by atoms with Gasteiger partial charge >= 0.3 is 11.9 Å². The lowest BCUT2D eigenvalue weighted by Crippen LogP contribution is -2.51. The largest absolute Gasteiger partial charge is 0.500 e. The molecule has 0 aliphatic heterocycles. The number of ether oxygens (including phenoxy) is 2. The standard InChI is InChI=1S/C10H12O6/c1-15-6-4-3-5-10(16-2,9(13)14)7(6)8(11)12/h3-5,7H,1-2H3,(H,11,12)(H,13,14). The van der Waals surface area contributed by atoms with Gasteiger partial charge < -0.3 is 19.7 Å². The Bertz CT molecular complexity index is 370. The number of carboxylic acids is 2. The quantitative estimate of drug-likeness (QED) is 0.716. The molecule has 0 heterocycles. The highest BCUT2D eigenvalue weighted by Gasteiger charge is 2.52. The van der Waals surface area contributed by atoms with Crippen molar-refractivity contribution in [2.75, 3.05) is 14.2 Å². The summed E-state index contributed by atoms with van der Waals surface area (Å²) in [5, 5.41) is 18.2. The summed E-state index contributed by atoms with van der Waals surface area (Å²) in [5.41, 5.74) is -1.92. The van der Waals surface area contributed by atoms with Gasteiger partial charge in [-0.3, -0.25) is 4.79 Å². The molecule has 2 unspecified atom stereocenters. The van der Waals surface area contributed by atoms with Crippen LogP contribution in [0.15, 0.2) is 24.0 Å². The maximum Gasteiger partial charge on any atom is 0.341 e. The molecule has 16 heavy (non-hydrogen) atoms. The third-order valence-corrected chi connectivity index (χ3v) is 2.47. The molecule has 0 aromatic carbocycles. The summed E-state index contributed by atoms with van der Waals surface area (Å²) in [6.07, 6.45) is 3.99. The number of hydrogen-bond donors (Lipinski definition) is 2. The highest BCUT2D eigenvalue weighted by atomic mass is 16.5. The van der Waals surface area contributed by atoms with E-state index in [4.69, 9.17) is 19.7 Å². The van der Waals surface area contributed by atoms with Crippen molar-refractivity contribution in [2.45, 2.75) is 5.60 Å². The fourth-order valence-electron chi connectivity index (χ4n) is 1.65. The first-order valence-corrected chi connectivity index (χ1v) is 4.44. The van der Waals surface area contributed by atoms with Crippen molar-refractivity contribution in [1.82, 2.24) is 0 Å². The number of allylic oxidation sites excluding steroid dienone is 2. The lowest BCUT2D eigenvalue weighted by molar-refractivity contribution is -0.171. The molecule has 1 aliphatic rings. The zero-order valence-electron chi connectivity index (χ0n) is 8.84. The fourth-order valence-corrected chi connectivity index (χ4v) is 1.65. The Labute approximate surface area is 91.8 Å². The molecule has 0 aromatic rings. The van der Waals surface area contributed by atoms with Crippen molar-refractivity contribution < 1.29 is 29.3 Å². The van der Waals surface area contributed by atoms with Crippen LogP contribution in [0.5, 0.6) is 0 Å². The molecule has 6 nitrogen and oxygen atoms in total. The molecule has 0 saturated carbocycles. The van der Waals surface area contributed by atoms with E-state index in [1.165, 1.54) is 25.3 Å². The van der Waals surface area contributed by atoms with E-state index in [-0.39, 0.29) is 5.76 Å². The summed E-state index contributed by atoms with van der Waals surface area (Å²) < 4.78 is 9.72. The summed E-state index contributed by atoms with van der Waals surface area (Å²) in [6, 6.07) is 0. The summed E-state index contributed by atoms with van der Waals surface area (Å²) in [6.45, 7) is 0. The zero-order valence-corrected chi connectivity index (χ0v) is 8.84. The molecule has 0 spiro atoms. The van der Waals surface area contributed by atoms with Crippen LogP contribution in [0.1, 0.15) is 0 Å². The van der Waals surface area contributed by atoms with E-state index >= 15 is 0 Å². The Morgan fingerprint density at radius 3 is 2.38 bits per heavy atom. The van der Waals surface area contributed by atoms with Gasteiger partial charge in [0.1, 0.15) is 5.76 Å². The van der Waals surface area contributed by atoms with Gasteiger partial charge in [-0.05, 0) is 12.2 Å². The smallest absolute Gasteiger partial charge is 0.341 e. The van der Waals surface area contributed by atoms with Crippen molar-refractivity contribution in [1.29, 1.82) is 0 Å². The normalized spacial score (nSPS) is 28.4. The number of carboxylic acid groups (broad SMARTS) is 2. The third-order valence-electron chi connectivity index (χ3n) is 2.47. The van der Waals surface area contributed by atoms with E-state index in [0.717, 1.165) is 7.11 Å². The SMILES string of the molecule is COC1=CC=CC(OC)(C(=O)O)C1C(=O)O. The first-order chi connectivity index (χ1) is 7.49. The van der Waals surface area contributed by atoms with Gasteiger partial charge in [-0.1, -0.05) is 6.08 Å². The fraction of sp³-hybridized carbons (Fsp3) is 0.400. The molecule has 0 aromatic heterocycles. The average Bonchev–Trinajstić information content (AvgIpc) is 2.26. The number of hydrogen-bond acceptors (Lipinski definition) is 4. The molecule has 0 fully saturated rings. The molecule has 0 radical (unpaired) electrons. The predicted molar refractivity (Wildman–Crippen MR) is 52.7 cm³/mol. The van der Waals surface area contributed by atoms with Gasteiger partial charge in [0.15, 0.2) is 5.92 Å². The van der Waals surface area contributed by atoms with Crippen LogP contribution in [-0.2, 0) is 19.1 Å². The van der Waals surface area contributed by atoms with Crippen molar-refractivity contribution in [2.24, 2.45) is 5.92 Å². The minimum absolute atomic E-state index is 0.0410. The molecule has 2 N–H and O–H groups in total. The minimum Gasteiger partial charge on any atom is -0.500 e. The van der Waals surface area contributed by atoms with Gasteiger partial charge in [-0.2, -0.15) is 0 Å². The van der Waals surface area contributed by atoms with Crippen LogP contribution in [0.25, 0.3) is 0 Å². The molecule has 88 valence electrons. The highest BCUT2D eigenvalue weighted by molar-refractivity contribution is 5.90. The van der Waals surface area contributed by atoms with E-state index < -0.39 is 23.5 Å². The van der Waals surface area contributed by atoms with E-state index in [1.807, 2.05) is 0 Å². The number of carbonyl (C=O) groups is 2.